The third-order valence-corrected chi connectivity index (χ3v) is 0.556. The van der Waals surface area contributed by atoms with Crippen molar-refractivity contribution in [2.45, 2.75) is 6.92 Å². The number of hydrogen-bond donors (Lipinski definition) is 0. The largest absolute Gasteiger partial charge is 3.00 e. The molecule has 0 saturated carbocycles. The van der Waals surface area contributed by atoms with Crippen LogP contribution in [0.3, 0.4) is 0 Å². The van der Waals surface area contributed by atoms with Crippen LogP contribution in [0.5, 0.6) is 0 Å². The van der Waals surface area contributed by atoms with Gasteiger partial charge in [-0.2, -0.15) is 39.2 Å². The molecule has 0 amide bonds. The molecule has 0 aromatic heterocycles. The van der Waals surface area contributed by atoms with Crippen LogP contribution in [0.2, 0.25) is 0 Å². The molecule has 1 radical (unpaired) electrons. The molecule has 1 aromatic rings. The monoisotopic (exact) mass is 228 g/mol. The first-order valence-corrected chi connectivity index (χ1v) is 3.27. The van der Waals surface area contributed by atoms with Gasteiger partial charge in [0.1, 0.15) is 0 Å². The van der Waals surface area contributed by atoms with E-state index in [4.69, 9.17) is 0 Å². The minimum atomic E-state index is 0. The van der Waals surface area contributed by atoms with Crippen LogP contribution in [-0.2, 0) is 26.2 Å². The maximum atomic E-state index is 3.50. The Bertz CT molecular complexity index is 76.5. The molecule has 1 rings (SSSR count). The summed E-state index contributed by atoms with van der Waals surface area (Å²) in [5, 5.41) is 3.50. The minimum Gasteiger partial charge on any atom is -0.668 e. The fraction of sp³-hybridized carbons (Fsp3) is 0.333. The van der Waals surface area contributed by atoms with Gasteiger partial charge in [-0.1, -0.05) is 0 Å². The Labute approximate surface area is 89.7 Å². The zero-order valence-electron chi connectivity index (χ0n) is 7.54. The molecule has 0 fully saturated rings. The quantitative estimate of drug-likeness (QED) is 0.608. The predicted molar refractivity (Wildman–Crippen MR) is 48.3 cm³/mol. The van der Waals surface area contributed by atoms with Crippen LogP contribution in [0.25, 0.3) is 5.32 Å². The van der Waals surface area contributed by atoms with Crippen LogP contribution in [-0.4, -0.2) is 14.1 Å². The predicted octanol–water partition coefficient (Wildman–Crippen LogP) is 2.86. The van der Waals surface area contributed by atoms with Gasteiger partial charge < -0.3 is 12.2 Å². The maximum Gasteiger partial charge on any atom is 3.00 e. The van der Waals surface area contributed by atoms with Crippen molar-refractivity contribution in [3.63, 3.8) is 0 Å². The third-order valence-electron chi connectivity index (χ3n) is 0.556. The van der Waals surface area contributed by atoms with E-state index in [9.17, 15) is 0 Å². The van der Waals surface area contributed by atoms with Gasteiger partial charge in [0.25, 0.3) is 0 Å². The zero-order valence-corrected chi connectivity index (χ0v) is 10.00. The van der Waals surface area contributed by atoms with Gasteiger partial charge in [0.05, 0.1) is 0 Å². The van der Waals surface area contributed by atoms with Crippen molar-refractivity contribution in [1.29, 1.82) is 0 Å². The molecule has 11 heavy (non-hydrogen) atoms. The summed E-state index contributed by atoms with van der Waals surface area (Å²) in [4.78, 5) is 0. The second kappa shape index (κ2) is 22.5. The second-order valence-electron chi connectivity index (χ2n) is 1.41. The molecule has 0 bridgehead atoms. The molecule has 1 aromatic carbocycles. The third kappa shape index (κ3) is 25.4. The molecular weight excluding hydrogens is 213 g/mol. The van der Waals surface area contributed by atoms with Crippen LogP contribution in [0.15, 0.2) is 30.3 Å². The first-order valence-electron chi connectivity index (χ1n) is 3.27. The normalized spacial score (nSPS) is 5.82. The summed E-state index contributed by atoms with van der Waals surface area (Å²) in [5.74, 6) is 0. The molecule has 0 aliphatic rings. The Morgan fingerprint density at radius 2 is 1.36 bits per heavy atom. The van der Waals surface area contributed by atoms with E-state index in [0.29, 0.717) is 0 Å². The van der Waals surface area contributed by atoms with Gasteiger partial charge in [0, 0.05) is 0 Å². The van der Waals surface area contributed by atoms with E-state index in [-0.39, 0.29) is 26.2 Å². The van der Waals surface area contributed by atoms with Crippen LogP contribution < -0.4 is 0 Å². The molecule has 2 heteroatoms. The molecule has 0 atom stereocenters. The van der Waals surface area contributed by atoms with Crippen LogP contribution in [0, 0.1) is 6.92 Å². The molecule has 1 nitrogen and oxygen atoms in total. The van der Waals surface area contributed by atoms with E-state index in [1.54, 1.807) is 21.0 Å². The Kier molecular flexibility index (Phi) is 35.4. The topological polar surface area (TPSA) is 14.1 Å². The number of rotatable bonds is 0. The summed E-state index contributed by atoms with van der Waals surface area (Å²) in [6.45, 7) is 5.00. The van der Waals surface area contributed by atoms with Gasteiger partial charge in [0.15, 0.2) is 0 Å². The van der Waals surface area contributed by atoms with E-state index in [1.165, 1.54) is 0 Å². The Balaban J connectivity index is -0.0000000956. The Morgan fingerprint density at radius 1 is 1.09 bits per heavy atom. The SMILES string of the molecule is C[N-]C.[CH2-]C.[Zr+3].c1cc[cH-]c1. The fourth-order valence-corrected chi connectivity index (χ4v) is 0.321. The number of nitrogens with zero attached hydrogens (tertiary/aromatic N) is 1. The van der Waals surface area contributed by atoms with Crippen LogP contribution in [0.4, 0.5) is 0 Å². The molecule has 0 N–H and O–H groups in total. The van der Waals surface area contributed by atoms with Crippen LogP contribution in [0.1, 0.15) is 6.92 Å². The summed E-state index contributed by atoms with van der Waals surface area (Å²) in [6, 6.07) is 10.0. The van der Waals surface area contributed by atoms with E-state index >= 15 is 0 Å². The average Bonchev–Trinajstić information content (AvgIpc) is 2.48. The van der Waals surface area contributed by atoms with Crippen molar-refractivity contribution in [3.05, 3.63) is 42.6 Å². The zero-order chi connectivity index (χ0) is 8.24. The van der Waals surface area contributed by atoms with Crippen molar-refractivity contribution >= 4 is 0 Å². The Hall–Kier alpha value is 0.193. The van der Waals surface area contributed by atoms with Crippen molar-refractivity contribution in [2.75, 3.05) is 14.1 Å². The van der Waals surface area contributed by atoms with Gasteiger partial charge in [-0.05, 0) is 0 Å². The second-order valence-corrected chi connectivity index (χ2v) is 1.41. The summed E-state index contributed by atoms with van der Waals surface area (Å²) in [6.07, 6.45) is 0. The van der Waals surface area contributed by atoms with E-state index < -0.39 is 0 Å². The molecule has 0 saturated heterocycles. The van der Waals surface area contributed by atoms with E-state index in [0.717, 1.165) is 0 Å². The van der Waals surface area contributed by atoms with Crippen molar-refractivity contribution in [1.82, 2.24) is 0 Å². The summed E-state index contributed by atoms with van der Waals surface area (Å²) in [5.41, 5.74) is 0. The smallest absolute Gasteiger partial charge is 0.668 e. The minimum absolute atomic E-state index is 0. The molecule has 0 heterocycles. The van der Waals surface area contributed by atoms with E-state index in [2.05, 4.69) is 12.2 Å². The summed E-state index contributed by atoms with van der Waals surface area (Å²) in [7, 11) is 3.50. The van der Waals surface area contributed by atoms with E-state index in [1.807, 2.05) is 30.3 Å². The van der Waals surface area contributed by atoms with Crippen molar-refractivity contribution in [2.24, 2.45) is 0 Å². The molecular formula is C9H16NZr. The first kappa shape index (κ1) is 17.3. The van der Waals surface area contributed by atoms with Gasteiger partial charge in [-0.15, -0.1) is 0 Å². The van der Waals surface area contributed by atoms with Crippen molar-refractivity contribution in [3.8, 4) is 0 Å². The number of hydrogen-bond acceptors (Lipinski definition) is 0. The molecule has 0 aliphatic carbocycles. The standard InChI is InChI=1S/C5H5.C2H6N.C2H5.Zr/c1-2-4-5-3-1;1-3-2;1-2;/h1-5H;1-2H3;1H2,2H3;/q3*-1;+3. The van der Waals surface area contributed by atoms with Gasteiger partial charge in [0.2, 0.25) is 0 Å². The molecule has 61 valence electrons. The van der Waals surface area contributed by atoms with Crippen molar-refractivity contribution < 1.29 is 26.2 Å². The molecule has 0 aliphatic heterocycles. The maximum absolute atomic E-state index is 3.50. The summed E-state index contributed by atoms with van der Waals surface area (Å²) >= 11 is 0. The van der Waals surface area contributed by atoms with Gasteiger partial charge in [-0.3, -0.25) is 0 Å². The fourth-order valence-electron chi connectivity index (χ4n) is 0.321. The molecule has 0 spiro atoms. The van der Waals surface area contributed by atoms with Gasteiger partial charge >= 0.3 is 26.2 Å². The Morgan fingerprint density at radius 3 is 1.45 bits per heavy atom. The summed E-state index contributed by atoms with van der Waals surface area (Å²) < 4.78 is 0. The average molecular weight is 229 g/mol. The van der Waals surface area contributed by atoms with Gasteiger partial charge in [-0.25, -0.2) is 12.1 Å². The molecule has 0 unspecified atom stereocenters. The van der Waals surface area contributed by atoms with Crippen LogP contribution >= 0.6 is 0 Å². The first-order chi connectivity index (χ1) is 4.91.